The van der Waals surface area contributed by atoms with Gasteiger partial charge in [0.2, 0.25) is 0 Å². The monoisotopic (exact) mass is 429 g/mol. The zero-order valence-corrected chi connectivity index (χ0v) is 16.6. The number of halogens is 2. The maximum atomic E-state index is 5.81. The smallest absolute Gasteiger partial charge is 0.148 e. The van der Waals surface area contributed by atoms with Crippen LogP contribution < -0.4 is 10.1 Å². The molecule has 0 aliphatic heterocycles. The summed E-state index contributed by atoms with van der Waals surface area (Å²) in [5.41, 5.74) is 2.88. The molecule has 1 N–H and O–H groups in total. The quantitative estimate of drug-likeness (QED) is 0.424. The van der Waals surface area contributed by atoms with E-state index in [9.17, 15) is 0 Å². The highest BCUT2D eigenvalue weighted by atomic mass is 79.9. The number of allylic oxidation sites excluding steroid dienone is 1. The Hall–Kier alpha value is -0.320. The van der Waals surface area contributed by atoms with E-state index in [0.29, 0.717) is 0 Å². The molecule has 2 rings (SSSR count). The van der Waals surface area contributed by atoms with Crippen molar-refractivity contribution in [3.8, 4) is 5.75 Å². The van der Waals surface area contributed by atoms with E-state index >= 15 is 0 Å². The second kappa shape index (κ2) is 9.09. The fraction of sp³-hybridized carbons (Fsp3) is 0.556. The maximum Gasteiger partial charge on any atom is 0.148 e. The Morgan fingerprint density at radius 3 is 2.50 bits per heavy atom. The van der Waals surface area contributed by atoms with Gasteiger partial charge in [0, 0.05) is 6.54 Å². The van der Waals surface area contributed by atoms with Gasteiger partial charge in [0.15, 0.2) is 0 Å². The Bertz CT molecular complexity index is 503. The summed E-state index contributed by atoms with van der Waals surface area (Å²) in [4.78, 5) is 0. The van der Waals surface area contributed by atoms with Crippen molar-refractivity contribution in [2.75, 3.05) is 6.54 Å². The van der Waals surface area contributed by atoms with Gasteiger partial charge in [0.1, 0.15) is 5.75 Å². The van der Waals surface area contributed by atoms with Crippen LogP contribution in [0.4, 0.5) is 0 Å². The minimum absolute atomic E-state index is 0.167. The van der Waals surface area contributed by atoms with Crippen LogP contribution in [-0.4, -0.2) is 12.6 Å². The molecule has 2 nitrogen and oxygen atoms in total. The van der Waals surface area contributed by atoms with Gasteiger partial charge in [0.05, 0.1) is 15.0 Å². The second-order valence-electron chi connectivity index (χ2n) is 6.09. The SMILES string of the molecule is CC(C)Oc1c(Br)cc(CNCCC2=CCCCC2)cc1Br. The minimum atomic E-state index is 0.167. The Morgan fingerprint density at radius 2 is 1.91 bits per heavy atom. The first kappa shape index (κ1) is 18.0. The average Bonchev–Trinajstić information content (AvgIpc) is 2.48. The Labute approximate surface area is 151 Å². The molecule has 0 bridgehead atoms. The summed E-state index contributed by atoms with van der Waals surface area (Å²) in [6.45, 7) is 6.00. The van der Waals surface area contributed by atoms with Gasteiger partial charge in [0.25, 0.3) is 0 Å². The first-order valence-corrected chi connectivity index (χ1v) is 9.68. The number of hydrogen-bond donors (Lipinski definition) is 1. The molecule has 0 saturated carbocycles. The third-order valence-electron chi connectivity index (χ3n) is 3.75. The van der Waals surface area contributed by atoms with Crippen LogP contribution in [0.5, 0.6) is 5.75 Å². The van der Waals surface area contributed by atoms with E-state index in [2.05, 4.69) is 55.4 Å². The third-order valence-corrected chi connectivity index (χ3v) is 4.93. The third kappa shape index (κ3) is 5.71. The summed E-state index contributed by atoms with van der Waals surface area (Å²) in [6.07, 6.45) is 9.06. The van der Waals surface area contributed by atoms with Crippen LogP contribution in [0, 0.1) is 0 Å². The van der Waals surface area contributed by atoms with Gasteiger partial charge in [-0.1, -0.05) is 11.6 Å². The van der Waals surface area contributed by atoms with Gasteiger partial charge in [-0.15, -0.1) is 0 Å². The molecule has 1 aromatic rings. The molecule has 122 valence electrons. The summed E-state index contributed by atoms with van der Waals surface area (Å²) in [5.74, 6) is 0.881. The van der Waals surface area contributed by atoms with Crippen molar-refractivity contribution in [1.29, 1.82) is 0 Å². The fourth-order valence-corrected chi connectivity index (χ4v) is 4.14. The van der Waals surface area contributed by atoms with Gasteiger partial charge in [-0.25, -0.2) is 0 Å². The lowest BCUT2D eigenvalue weighted by molar-refractivity contribution is 0.239. The van der Waals surface area contributed by atoms with Crippen LogP contribution in [-0.2, 0) is 6.54 Å². The standard InChI is InChI=1S/C18H25Br2NO/c1-13(2)22-18-16(19)10-15(11-17(18)20)12-21-9-8-14-6-4-3-5-7-14/h6,10-11,13,21H,3-5,7-9,12H2,1-2H3. The summed E-state index contributed by atoms with van der Waals surface area (Å²) in [7, 11) is 0. The molecule has 0 heterocycles. The number of hydrogen-bond acceptors (Lipinski definition) is 2. The molecule has 4 heteroatoms. The highest BCUT2D eigenvalue weighted by Crippen LogP contribution is 2.35. The number of rotatable bonds is 7. The first-order valence-electron chi connectivity index (χ1n) is 8.09. The minimum Gasteiger partial charge on any atom is -0.489 e. The van der Waals surface area contributed by atoms with Crippen LogP contribution in [0.2, 0.25) is 0 Å². The van der Waals surface area contributed by atoms with Crippen LogP contribution in [0.25, 0.3) is 0 Å². The summed E-state index contributed by atoms with van der Waals surface area (Å²) in [6, 6.07) is 4.27. The molecule has 0 saturated heterocycles. The van der Waals surface area contributed by atoms with E-state index in [1.165, 1.54) is 37.7 Å². The van der Waals surface area contributed by atoms with Crippen molar-refractivity contribution < 1.29 is 4.74 Å². The topological polar surface area (TPSA) is 21.3 Å². The lowest BCUT2D eigenvalue weighted by Crippen LogP contribution is -2.16. The van der Waals surface area contributed by atoms with Gasteiger partial charge in [-0.2, -0.15) is 0 Å². The number of ether oxygens (including phenoxy) is 1. The van der Waals surface area contributed by atoms with E-state index in [4.69, 9.17) is 4.74 Å². The largest absolute Gasteiger partial charge is 0.489 e. The molecule has 1 aliphatic rings. The summed E-state index contributed by atoms with van der Waals surface area (Å²) in [5, 5.41) is 3.54. The number of benzene rings is 1. The molecule has 0 spiro atoms. The molecular weight excluding hydrogens is 406 g/mol. The van der Waals surface area contributed by atoms with Crippen molar-refractivity contribution in [3.63, 3.8) is 0 Å². The van der Waals surface area contributed by atoms with E-state index in [1.54, 1.807) is 5.57 Å². The molecule has 0 atom stereocenters. The molecule has 0 unspecified atom stereocenters. The van der Waals surface area contributed by atoms with Crippen molar-refractivity contribution in [1.82, 2.24) is 5.32 Å². The summed E-state index contributed by atoms with van der Waals surface area (Å²) >= 11 is 7.21. The predicted molar refractivity (Wildman–Crippen MR) is 100 cm³/mol. The van der Waals surface area contributed by atoms with E-state index in [1.807, 2.05) is 13.8 Å². The Balaban J connectivity index is 1.84. The molecule has 0 aromatic heterocycles. The van der Waals surface area contributed by atoms with Crippen LogP contribution in [0.3, 0.4) is 0 Å². The van der Waals surface area contributed by atoms with E-state index < -0.39 is 0 Å². The van der Waals surface area contributed by atoms with Gasteiger partial charge >= 0.3 is 0 Å². The van der Waals surface area contributed by atoms with Gasteiger partial charge < -0.3 is 10.1 Å². The average molecular weight is 431 g/mol. The first-order chi connectivity index (χ1) is 10.6. The maximum absolute atomic E-state index is 5.81. The number of nitrogens with one attached hydrogen (secondary N) is 1. The summed E-state index contributed by atoms with van der Waals surface area (Å²) < 4.78 is 7.82. The van der Waals surface area contributed by atoms with Crippen molar-refractivity contribution in [2.45, 2.75) is 58.6 Å². The lowest BCUT2D eigenvalue weighted by atomic mass is 9.97. The fourth-order valence-electron chi connectivity index (χ4n) is 2.68. The van der Waals surface area contributed by atoms with Crippen LogP contribution >= 0.6 is 31.9 Å². The van der Waals surface area contributed by atoms with Gasteiger partial charge in [-0.05, 0) is 102 Å². The zero-order valence-electron chi connectivity index (χ0n) is 13.4. The molecule has 0 amide bonds. The van der Waals surface area contributed by atoms with Crippen molar-refractivity contribution in [3.05, 3.63) is 38.3 Å². The Morgan fingerprint density at radius 1 is 1.18 bits per heavy atom. The van der Waals surface area contributed by atoms with Crippen molar-refractivity contribution >= 4 is 31.9 Å². The molecule has 1 aromatic carbocycles. The molecular formula is C18H25Br2NO. The van der Waals surface area contributed by atoms with E-state index in [0.717, 1.165) is 27.8 Å². The predicted octanol–water partition coefficient (Wildman–Crippen LogP) is 5.98. The highest BCUT2D eigenvalue weighted by molar-refractivity contribution is 9.11. The zero-order chi connectivity index (χ0) is 15.9. The molecule has 1 aliphatic carbocycles. The lowest BCUT2D eigenvalue weighted by Gasteiger charge is -2.15. The normalized spacial score (nSPS) is 15.0. The molecule has 0 fully saturated rings. The highest BCUT2D eigenvalue weighted by Gasteiger charge is 2.10. The Kier molecular flexibility index (Phi) is 7.45. The van der Waals surface area contributed by atoms with Gasteiger partial charge in [-0.3, -0.25) is 0 Å². The molecule has 22 heavy (non-hydrogen) atoms. The van der Waals surface area contributed by atoms with Crippen LogP contribution in [0.15, 0.2) is 32.7 Å². The second-order valence-corrected chi connectivity index (χ2v) is 7.80. The van der Waals surface area contributed by atoms with E-state index in [-0.39, 0.29) is 6.10 Å². The van der Waals surface area contributed by atoms with Crippen LogP contribution in [0.1, 0.15) is 51.5 Å². The molecule has 0 radical (unpaired) electrons. The van der Waals surface area contributed by atoms with Crippen molar-refractivity contribution in [2.24, 2.45) is 0 Å².